The van der Waals surface area contributed by atoms with Crippen LogP contribution in [0.1, 0.15) is 42.2 Å². The first kappa shape index (κ1) is 23.7. The van der Waals surface area contributed by atoms with Crippen LogP contribution in [0.4, 0.5) is 5.69 Å². The van der Waals surface area contributed by atoms with Crippen LogP contribution in [0.2, 0.25) is 0 Å². The van der Waals surface area contributed by atoms with Crippen LogP contribution in [-0.4, -0.2) is 33.0 Å². The molecule has 1 amide bonds. The fourth-order valence-corrected chi connectivity index (χ4v) is 5.42. The van der Waals surface area contributed by atoms with Crippen molar-refractivity contribution >= 4 is 17.4 Å². The molecule has 0 saturated carbocycles. The van der Waals surface area contributed by atoms with Crippen LogP contribution in [0.5, 0.6) is 17.2 Å². The molecule has 1 heterocycles. The van der Waals surface area contributed by atoms with Crippen molar-refractivity contribution in [2.45, 2.75) is 31.1 Å². The maximum absolute atomic E-state index is 13.8. The number of ether oxygens (including phenoxy) is 3. The van der Waals surface area contributed by atoms with Crippen molar-refractivity contribution in [1.82, 2.24) is 0 Å². The number of carbonyl (C=O) groups is 2. The Kier molecular flexibility index (Phi) is 6.51. The summed E-state index contributed by atoms with van der Waals surface area (Å²) in [4.78, 5) is 29.3. The van der Waals surface area contributed by atoms with E-state index in [4.69, 9.17) is 14.2 Å². The number of nitrogens with zero attached hydrogens (tertiary/aromatic N) is 1. The number of hydrogen-bond acceptors (Lipinski definition) is 5. The molecule has 0 fully saturated rings. The molecule has 1 aliphatic heterocycles. The molecule has 3 aromatic carbocycles. The molecule has 1 aliphatic carbocycles. The zero-order valence-corrected chi connectivity index (χ0v) is 20.7. The van der Waals surface area contributed by atoms with Crippen molar-refractivity contribution in [1.29, 1.82) is 0 Å². The average Bonchev–Trinajstić information content (AvgIpc) is 2.92. The van der Waals surface area contributed by atoms with Crippen molar-refractivity contribution < 1.29 is 23.8 Å². The van der Waals surface area contributed by atoms with Gasteiger partial charge in [0, 0.05) is 47.7 Å². The lowest BCUT2D eigenvalue weighted by atomic mass is 9.72. The van der Waals surface area contributed by atoms with E-state index < -0.39 is 0 Å². The molecule has 0 radical (unpaired) electrons. The molecular formula is C30H29NO5. The molecule has 5 rings (SSSR count). The highest BCUT2D eigenvalue weighted by molar-refractivity contribution is 6.08. The number of methoxy groups -OCH3 is 3. The minimum absolute atomic E-state index is 0.00475. The van der Waals surface area contributed by atoms with Crippen molar-refractivity contribution in [2.75, 3.05) is 26.2 Å². The van der Waals surface area contributed by atoms with Crippen LogP contribution in [0, 0.1) is 0 Å². The number of Topliss-reactive ketones (excluding diaryl/α,β-unsaturated/α-hetero) is 1. The van der Waals surface area contributed by atoms with Crippen LogP contribution >= 0.6 is 0 Å². The van der Waals surface area contributed by atoms with Gasteiger partial charge in [0.25, 0.3) is 0 Å². The van der Waals surface area contributed by atoms with Gasteiger partial charge >= 0.3 is 0 Å². The topological polar surface area (TPSA) is 65.1 Å². The molecule has 0 aromatic heterocycles. The van der Waals surface area contributed by atoms with Crippen LogP contribution in [0.25, 0.3) is 0 Å². The maximum Gasteiger partial charge on any atom is 0.232 e. The third-order valence-electron chi connectivity index (χ3n) is 7.13. The smallest absolute Gasteiger partial charge is 0.232 e. The Balaban J connectivity index is 1.67. The molecule has 36 heavy (non-hydrogen) atoms. The van der Waals surface area contributed by atoms with Gasteiger partial charge in [-0.15, -0.1) is 0 Å². The maximum atomic E-state index is 13.8. The number of ketones is 1. The summed E-state index contributed by atoms with van der Waals surface area (Å²) >= 11 is 0. The van der Waals surface area contributed by atoms with Gasteiger partial charge in [0.05, 0.1) is 27.0 Å². The number of amides is 1. The predicted molar refractivity (Wildman–Crippen MR) is 138 cm³/mol. The normalized spacial score (nSPS) is 19.7. The van der Waals surface area contributed by atoms with Gasteiger partial charge in [-0.3, -0.25) is 14.5 Å². The molecule has 0 spiro atoms. The van der Waals surface area contributed by atoms with E-state index in [0.717, 1.165) is 16.8 Å². The van der Waals surface area contributed by atoms with Gasteiger partial charge in [0.1, 0.15) is 17.2 Å². The van der Waals surface area contributed by atoms with Gasteiger partial charge in [0.2, 0.25) is 5.91 Å². The second-order valence-electron chi connectivity index (χ2n) is 9.09. The number of allylic oxidation sites excluding steroid dienone is 2. The number of benzene rings is 3. The summed E-state index contributed by atoms with van der Waals surface area (Å²) in [5, 5.41) is 0. The van der Waals surface area contributed by atoms with E-state index >= 15 is 0 Å². The van der Waals surface area contributed by atoms with Crippen LogP contribution < -0.4 is 19.1 Å². The molecule has 0 bridgehead atoms. The summed E-state index contributed by atoms with van der Waals surface area (Å²) in [6.45, 7) is 0. The molecule has 0 saturated heterocycles. The Hall–Kier alpha value is -4.06. The molecule has 6 nitrogen and oxygen atoms in total. The molecule has 6 heteroatoms. The number of carbonyl (C=O) groups excluding carboxylic acids is 2. The minimum Gasteiger partial charge on any atom is -0.497 e. The zero-order chi connectivity index (χ0) is 25.2. The van der Waals surface area contributed by atoms with E-state index in [2.05, 4.69) is 0 Å². The zero-order valence-electron chi connectivity index (χ0n) is 20.7. The first-order valence-corrected chi connectivity index (χ1v) is 12.0. The van der Waals surface area contributed by atoms with Gasteiger partial charge in [-0.25, -0.2) is 0 Å². The molecule has 2 unspecified atom stereocenters. The Labute approximate surface area is 211 Å². The minimum atomic E-state index is -0.389. The van der Waals surface area contributed by atoms with Crippen molar-refractivity contribution in [3.05, 3.63) is 95.2 Å². The highest BCUT2D eigenvalue weighted by Gasteiger charge is 2.43. The number of anilines is 1. The monoisotopic (exact) mass is 483 g/mol. The SMILES string of the molecule is COc1cccc(N2C(=O)CC(c3ccc(OC)cc3OC)C3=C2CC(c2ccccc2)CC3=O)c1. The first-order chi connectivity index (χ1) is 17.5. The highest BCUT2D eigenvalue weighted by Crippen LogP contribution is 2.49. The van der Waals surface area contributed by atoms with E-state index in [1.165, 1.54) is 0 Å². The van der Waals surface area contributed by atoms with Crippen LogP contribution in [0.3, 0.4) is 0 Å². The molecule has 3 aromatic rings. The summed E-state index contributed by atoms with van der Waals surface area (Å²) in [5.41, 5.74) is 4.06. The average molecular weight is 484 g/mol. The number of hydrogen-bond donors (Lipinski definition) is 0. The van der Waals surface area contributed by atoms with E-state index in [-0.39, 0.29) is 29.9 Å². The van der Waals surface area contributed by atoms with Crippen LogP contribution in [-0.2, 0) is 9.59 Å². The molecular weight excluding hydrogens is 454 g/mol. The molecule has 184 valence electrons. The lowest BCUT2D eigenvalue weighted by molar-refractivity contribution is -0.120. The first-order valence-electron chi connectivity index (χ1n) is 12.0. The van der Waals surface area contributed by atoms with Gasteiger partial charge in [0.15, 0.2) is 5.78 Å². The largest absolute Gasteiger partial charge is 0.497 e. The number of rotatable bonds is 6. The lowest BCUT2D eigenvalue weighted by Crippen LogP contribution is -2.41. The standard InChI is InChI=1S/C30H29NO5/c1-34-22-11-7-10-21(16-22)31-26-14-20(19-8-5-4-6-9-19)15-27(32)30(26)25(18-29(31)33)24-13-12-23(35-2)17-28(24)36-3/h4-13,16-17,20,25H,14-15,18H2,1-3H3. The third-order valence-corrected chi connectivity index (χ3v) is 7.13. The second kappa shape index (κ2) is 9.90. The van der Waals surface area contributed by atoms with E-state index in [1.54, 1.807) is 32.3 Å². The van der Waals surface area contributed by atoms with Crippen molar-refractivity contribution in [2.24, 2.45) is 0 Å². The van der Waals surface area contributed by atoms with Crippen molar-refractivity contribution in [3.8, 4) is 17.2 Å². The summed E-state index contributed by atoms with van der Waals surface area (Å²) in [6, 6.07) is 23.0. The molecule has 2 atom stereocenters. The fourth-order valence-electron chi connectivity index (χ4n) is 5.42. The quantitative estimate of drug-likeness (QED) is 0.454. The Morgan fingerprint density at radius 2 is 1.50 bits per heavy atom. The van der Waals surface area contributed by atoms with Crippen LogP contribution in [0.15, 0.2) is 84.1 Å². The third kappa shape index (κ3) is 4.24. The molecule has 0 N–H and O–H groups in total. The Bertz CT molecular complexity index is 1330. The Morgan fingerprint density at radius 3 is 2.22 bits per heavy atom. The Morgan fingerprint density at radius 1 is 0.750 bits per heavy atom. The highest BCUT2D eigenvalue weighted by atomic mass is 16.5. The van der Waals surface area contributed by atoms with Crippen molar-refractivity contribution in [3.63, 3.8) is 0 Å². The second-order valence-corrected chi connectivity index (χ2v) is 9.09. The van der Waals surface area contributed by atoms with E-state index in [1.807, 2.05) is 66.7 Å². The molecule has 2 aliphatic rings. The summed E-state index contributed by atoms with van der Waals surface area (Å²) in [5.74, 6) is 1.52. The summed E-state index contributed by atoms with van der Waals surface area (Å²) in [6.07, 6.45) is 1.15. The van der Waals surface area contributed by atoms with E-state index in [9.17, 15) is 9.59 Å². The van der Waals surface area contributed by atoms with Gasteiger partial charge in [-0.05, 0) is 36.1 Å². The predicted octanol–water partition coefficient (Wildman–Crippen LogP) is 5.63. The van der Waals surface area contributed by atoms with Gasteiger partial charge in [-0.2, -0.15) is 0 Å². The lowest BCUT2D eigenvalue weighted by Gasteiger charge is -2.40. The van der Waals surface area contributed by atoms with Gasteiger partial charge < -0.3 is 14.2 Å². The summed E-state index contributed by atoms with van der Waals surface area (Å²) < 4.78 is 16.5. The summed E-state index contributed by atoms with van der Waals surface area (Å²) in [7, 11) is 4.79. The fraction of sp³-hybridized carbons (Fsp3) is 0.267. The van der Waals surface area contributed by atoms with Gasteiger partial charge in [-0.1, -0.05) is 42.5 Å². The van der Waals surface area contributed by atoms with E-state index in [0.29, 0.717) is 41.4 Å².